The van der Waals surface area contributed by atoms with Crippen LogP contribution in [0, 0.1) is 5.92 Å². The second kappa shape index (κ2) is 7.34. The number of aromatic nitrogens is 2. The fourth-order valence-corrected chi connectivity index (χ4v) is 5.12. The zero-order chi connectivity index (χ0) is 17.3. The molecule has 0 bridgehead atoms. The number of nitrogens with one attached hydrogen (secondary N) is 1. The molecule has 3 heterocycles. The first-order valence-electron chi connectivity index (χ1n) is 9.48. The smallest absolute Gasteiger partial charge is 0.246 e. The molecule has 1 aromatic rings. The molecule has 140 valence electrons. The summed E-state index contributed by atoms with van der Waals surface area (Å²) < 4.78 is 34.6. The second-order valence-corrected chi connectivity index (χ2v) is 9.47. The van der Waals surface area contributed by atoms with Crippen LogP contribution >= 0.6 is 0 Å². The predicted octanol–water partition coefficient (Wildman–Crippen LogP) is 1.39. The highest BCUT2D eigenvalue weighted by atomic mass is 32.2. The predicted molar refractivity (Wildman–Crippen MR) is 93.8 cm³/mol. The molecule has 7 nitrogen and oxygen atoms in total. The van der Waals surface area contributed by atoms with Crippen molar-refractivity contribution in [1.29, 1.82) is 0 Å². The highest BCUT2D eigenvalue weighted by Crippen LogP contribution is 2.28. The molecule has 0 atom stereocenters. The highest BCUT2D eigenvalue weighted by Gasteiger charge is 2.31. The zero-order valence-electron chi connectivity index (χ0n) is 14.6. The maximum atomic E-state index is 12.9. The maximum Gasteiger partial charge on any atom is 0.246 e. The molecule has 0 unspecified atom stereocenters. The Labute approximate surface area is 149 Å². The van der Waals surface area contributed by atoms with Crippen molar-refractivity contribution in [1.82, 2.24) is 19.4 Å². The van der Waals surface area contributed by atoms with Crippen molar-refractivity contribution in [2.45, 2.75) is 55.5 Å². The van der Waals surface area contributed by atoms with Crippen LogP contribution < -0.4 is 5.32 Å². The summed E-state index contributed by atoms with van der Waals surface area (Å²) in [6, 6.07) is 0.701. The molecule has 3 aliphatic rings. The molecule has 0 spiro atoms. The van der Waals surface area contributed by atoms with Crippen molar-refractivity contribution < 1.29 is 13.2 Å². The summed E-state index contributed by atoms with van der Waals surface area (Å²) in [5.41, 5.74) is 0. The molecular formula is C17H28N4O3S. The third-order valence-electron chi connectivity index (χ3n) is 5.63. The third-order valence-corrected chi connectivity index (χ3v) is 7.48. The molecule has 2 aliphatic heterocycles. The van der Waals surface area contributed by atoms with E-state index >= 15 is 0 Å². The summed E-state index contributed by atoms with van der Waals surface area (Å²) >= 11 is 0. The number of hydrogen-bond donors (Lipinski definition) is 1. The normalized spacial score (nSPS) is 24.6. The second-order valence-electron chi connectivity index (χ2n) is 7.53. The molecular weight excluding hydrogens is 340 g/mol. The monoisotopic (exact) mass is 368 g/mol. The van der Waals surface area contributed by atoms with Gasteiger partial charge >= 0.3 is 0 Å². The van der Waals surface area contributed by atoms with Gasteiger partial charge in [-0.1, -0.05) is 0 Å². The van der Waals surface area contributed by atoms with Gasteiger partial charge in [-0.25, -0.2) is 8.42 Å². The molecule has 1 saturated carbocycles. The lowest BCUT2D eigenvalue weighted by Gasteiger charge is -2.31. The van der Waals surface area contributed by atoms with Crippen molar-refractivity contribution in [3.63, 3.8) is 0 Å². The Hall–Kier alpha value is -0.960. The van der Waals surface area contributed by atoms with Gasteiger partial charge in [0.15, 0.2) is 0 Å². The number of sulfonamides is 1. The van der Waals surface area contributed by atoms with Gasteiger partial charge in [0.05, 0.1) is 12.2 Å². The van der Waals surface area contributed by atoms with Crippen molar-refractivity contribution in [3.8, 4) is 0 Å². The minimum Gasteiger partial charge on any atom is -0.381 e. The average Bonchev–Trinajstić information content (AvgIpc) is 3.34. The van der Waals surface area contributed by atoms with Crippen molar-refractivity contribution in [3.05, 3.63) is 12.4 Å². The molecule has 1 N–H and O–H groups in total. The summed E-state index contributed by atoms with van der Waals surface area (Å²) in [7, 11) is -3.43. The van der Waals surface area contributed by atoms with Gasteiger partial charge in [-0.2, -0.15) is 9.40 Å². The Morgan fingerprint density at radius 2 is 1.84 bits per heavy atom. The third kappa shape index (κ3) is 4.07. The highest BCUT2D eigenvalue weighted by molar-refractivity contribution is 7.89. The Morgan fingerprint density at radius 1 is 1.12 bits per heavy atom. The Morgan fingerprint density at radius 3 is 2.52 bits per heavy atom. The average molecular weight is 369 g/mol. The van der Waals surface area contributed by atoms with E-state index in [4.69, 9.17) is 4.74 Å². The van der Waals surface area contributed by atoms with Crippen LogP contribution in [0.15, 0.2) is 17.3 Å². The molecule has 25 heavy (non-hydrogen) atoms. The minimum atomic E-state index is -3.43. The van der Waals surface area contributed by atoms with Gasteiger partial charge in [-0.15, -0.1) is 0 Å². The zero-order valence-corrected chi connectivity index (χ0v) is 15.5. The van der Waals surface area contributed by atoms with Gasteiger partial charge in [0.25, 0.3) is 0 Å². The van der Waals surface area contributed by atoms with Gasteiger partial charge in [-0.05, 0) is 51.0 Å². The lowest BCUT2D eigenvalue weighted by molar-refractivity contribution is 0.0662. The van der Waals surface area contributed by atoms with E-state index in [0.717, 1.165) is 38.1 Å². The van der Waals surface area contributed by atoms with E-state index in [1.807, 2.05) is 0 Å². The Balaban J connectivity index is 1.35. The fraction of sp³-hybridized carbons (Fsp3) is 0.824. The van der Waals surface area contributed by atoms with Gasteiger partial charge in [0.1, 0.15) is 4.90 Å². The summed E-state index contributed by atoms with van der Waals surface area (Å²) in [5, 5.41) is 7.91. The van der Waals surface area contributed by atoms with Crippen LogP contribution in [0.2, 0.25) is 0 Å². The van der Waals surface area contributed by atoms with Crippen LogP contribution in [0.25, 0.3) is 0 Å². The molecule has 0 aromatic carbocycles. The van der Waals surface area contributed by atoms with Crippen LogP contribution in [0.3, 0.4) is 0 Å². The summed E-state index contributed by atoms with van der Waals surface area (Å²) in [6.45, 7) is 3.71. The molecule has 2 saturated heterocycles. The largest absolute Gasteiger partial charge is 0.381 e. The van der Waals surface area contributed by atoms with Crippen molar-refractivity contribution >= 4 is 10.0 Å². The van der Waals surface area contributed by atoms with E-state index in [1.54, 1.807) is 15.2 Å². The first-order chi connectivity index (χ1) is 12.1. The number of piperidine rings is 1. The fourth-order valence-electron chi connectivity index (χ4n) is 3.71. The van der Waals surface area contributed by atoms with Crippen LogP contribution in [-0.4, -0.2) is 61.4 Å². The van der Waals surface area contributed by atoms with E-state index in [1.165, 1.54) is 19.0 Å². The number of rotatable bonds is 6. The Kier molecular flexibility index (Phi) is 5.13. The number of hydrogen-bond acceptors (Lipinski definition) is 5. The van der Waals surface area contributed by atoms with Crippen LogP contribution in [-0.2, 0) is 14.8 Å². The van der Waals surface area contributed by atoms with Crippen LogP contribution in [0.1, 0.15) is 44.6 Å². The topological polar surface area (TPSA) is 76.5 Å². The molecule has 3 fully saturated rings. The molecule has 8 heteroatoms. The molecule has 1 aliphatic carbocycles. The van der Waals surface area contributed by atoms with Gasteiger partial charge < -0.3 is 10.1 Å². The number of nitrogens with zero attached hydrogens (tertiary/aromatic N) is 3. The standard InChI is InChI=1S/C17H28N4O3S/c22-25(23,17-12-19-21(13-17)16-5-9-24-10-6-16)20-7-3-15(4-8-20)18-11-14-1-2-14/h12-16,18H,1-11H2. The van der Waals surface area contributed by atoms with Gasteiger partial charge in [0.2, 0.25) is 10.0 Å². The molecule has 4 rings (SSSR count). The van der Waals surface area contributed by atoms with Crippen LogP contribution in [0.4, 0.5) is 0 Å². The van der Waals surface area contributed by atoms with Crippen LogP contribution in [0.5, 0.6) is 0 Å². The quantitative estimate of drug-likeness (QED) is 0.821. The first-order valence-corrected chi connectivity index (χ1v) is 10.9. The lowest BCUT2D eigenvalue weighted by atomic mass is 10.1. The summed E-state index contributed by atoms with van der Waals surface area (Å²) in [6.07, 6.45) is 9.44. The van der Waals surface area contributed by atoms with E-state index < -0.39 is 10.0 Å². The molecule has 1 aromatic heterocycles. The summed E-state index contributed by atoms with van der Waals surface area (Å²) in [4.78, 5) is 0.323. The van der Waals surface area contributed by atoms with E-state index in [-0.39, 0.29) is 6.04 Å². The number of ether oxygens (including phenoxy) is 1. The van der Waals surface area contributed by atoms with Gasteiger partial charge in [0, 0.05) is 38.5 Å². The van der Waals surface area contributed by atoms with Crippen molar-refractivity contribution in [2.75, 3.05) is 32.8 Å². The van der Waals surface area contributed by atoms with E-state index in [2.05, 4.69) is 10.4 Å². The maximum absolute atomic E-state index is 12.9. The van der Waals surface area contributed by atoms with E-state index in [9.17, 15) is 8.42 Å². The molecule has 0 amide bonds. The SMILES string of the molecule is O=S(=O)(c1cnn(C2CCOCC2)c1)N1CCC(NCC2CC2)CC1. The summed E-state index contributed by atoms with van der Waals surface area (Å²) in [5.74, 6) is 0.859. The van der Waals surface area contributed by atoms with E-state index in [0.29, 0.717) is 37.2 Å². The molecule has 0 radical (unpaired) electrons. The van der Waals surface area contributed by atoms with Crippen molar-refractivity contribution in [2.24, 2.45) is 5.92 Å². The Bertz CT molecular complexity index is 672. The lowest BCUT2D eigenvalue weighted by Crippen LogP contribution is -2.45. The van der Waals surface area contributed by atoms with Gasteiger partial charge in [-0.3, -0.25) is 4.68 Å². The minimum absolute atomic E-state index is 0.245. The first kappa shape index (κ1) is 17.5.